The number of unbranched alkanes of at least 4 members (excludes halogenated alkanes) is 3. The Morgan fingerprint density at radius 1 is 0.923 bits per heavy atom. The highest BCUT2D eigenvalue weighted by atomic mass is 32.2. The molecule has 8 heteroatoms. The van der Waals surface area contributed by atoms with Crippen LogP contribution in [0, 0.1) is 0 Å². The number of amides is 1. The van der Waals surface area contributed by atoms with E-state index in [0.29, 0.717) is 22.8 Å². The smallest absolute Gasteiger partial charge is 0.271 e. The van der Waals surface area contributed by atoms with E-state index in [0.717, 1.165) is 34.1 Å². The van der Waals surface area contributed by atoms with Crippen molar-refractivity contribution in [1.82, 2.24) is 5.43 Å². The molecule has 0 bridgehead atoms. The van der Waals surface area contributed by atoms with E-state index in [4.69, 9.17) is 4.74 Å². The molecule has 1 aliphatic heterocycles. The van der Waals surface area contributed by atoms with Crippen LogP contribution < -0.4 is 14.5 Å². The van der Waals surface area contributed by atoms with Crippen LogP contribution in [0.4, 0.5) is 5.69 Å². The van der Waals surface area contributed by atoms with Crippen LogP contribution in [0.15, 0.2) is 94.9 Å². The monoisotopic (exact) mass is 541 g/mol. The molecule has 0 spiro atoms. The number of anilines is 1. The van der Waals surface area contributed by atoms with E-state index in [2.05, 4.69) is 17.5 Å². The summed E-state index contributed by atoms with van der Waals surface area (Å²) in [6.07, 6.45) is 6.23. The lowest BCUT2D eigenvalue weighted by molar-refractivity contribution is 0.0955. The van der Waals surface area contributed by atoms with Gasteiger partial charge in [-0.2, -0.15) is 5.10 Å². The van der Waals surface area contributed by atoms with Crippen molar-refractivity contribution in [3.05, 3.63) is 102 Å². The predicted molar refractivity (Wildman–Crippen MR) is 155 cm³/mol. The number of hydrogen-bond donors (Lipinski definition) is 1. The Bertz CT molecular complexity index is 1590. The van der Waals surface area contributed by atoms with Crippen molar-refractivity contribution in [3.63, 3.8) is 0 Å². The van der Waals surface area contributed by atoms with Gasteiger partial charge in [0.05, 0.1) is 29.9 Å². The highest BCUT2D eigenvalue weighted by Crippen LogP contribution is 2.42. The quantitative estimate of drug-likeness (QED) is 0.138. The molecule has 0 aromatic heterocycles. The lowest BCUT2D eigenvalue weighted by atomic mass is 10.1. The molecule has 1 amide bonds. The van der Waals surface area contributed by atoms with E-state index in [-0.39, 0.29) is 12.5 Å². The van der Waals surface area contributed by atoms with E-state index in [1.54, 1.807) is 42.6 Å². The molecule has 1 aliphatic rings. The van der Waals surface area contributed by atoms with Gasteiger partial charge in [0.25, 0.3) is 15.9 Å². The first-order chi connectivity index (χ1) is 19.0. The maximum Gasteiger partial charge on any atom is 0.271 e. The maximum absolute atomic E-state index is 13.2. The molecule has 200 valence electrons. The molecule has 7 nitrogen and oxygen atoms in total. The number of carbonyl (C=O) groups is 1. The van der Waals surface area contributed by atoms with Gasteiger partial charge >= 0.3 is 0 Å². The number of benzene rings is 4. The number of nitrogens with one attached hydrogen (secondary N) is 1. The zero-order chi connectivity index (χ0) is 27.2. The molecule has 0 radical (unpaired) electrons. The Morgan fingerprint density at radius 2 is 1.67 bits per heavy atom. The van der Waals surface area contributed by atoms with Gasteiger partial charge in [-0.3, -0.25) is 9.10 Å². The Morgan fingerprint density at radius 3 is 2.41 bits per heavy atom. The molecular formula is C31H31N3O4S. The third-order valence-electron chi connectivity index (χ3n) is 6.75. The Hall–Kier alpha value is -4.17. The van der Waals surface area contributed by atoms with Crippen molar-refractivity contribution in [3.8, 4) is 5.75 Å². The Labute approximate surface area is 229 Å². The van der Waals surface area contributed by atoms with Crippen LogP contribution in [0.3, 0.4) is 0 Å². The molecule has 0 fully saturated rings. The van der Waals surface area contributed by atoms with Gasteiger partial charge in [0.2, 0.25) is 0 Å². The molecule has 0 saturated heterocycles. The largest absolute Gasteiger partial charge is 0.494 e. The summed E-state index contributed by atoms with van der Waals surface area (Å²) < 4.78 is 33.6. The van der Waals surface area contributed by atoms with E-state index < -0.39 is 10.0 Å². The van der Waals surface area contributed by atoms with Crippen molar-refractivity contribution in [1.29, 1.82) is 0 Å². The highest BCUT2D eigenvalue weighted by molar-refractivity contribution is 7.93. The zero-order valence-corrected chi connectivity index (χ0v) is 22.7. The third-order valence-corrected chi connectivity index (χ3v) is 8.55. The minimum absolute atomic E-state index is 0.175. The summed E-state index contributed by atoms with van der Waals surface area (Å²) in [5.41, 5.74) is 5.25. The van der Waals surface area contributed by atoms with E-state index in [1.807, 2.05) is 48.5 Å². The number of carbonyl (C=O) groups excluding carboxylic acids is 1. The van der Waals surface area contributed by atoms with Crippen molar-refractivity contribution < 1.29 is 17.9 Å². The van der Waals surface area contributed by atoms with Gasteiger partial charge in [0.1, 0.15) is 5.75 Å². The number of nitrogens with zero attached hydrogens (tertiary/aromatic N) is 2. The van der Waals surface area contributed by atoms with Crippen LogP contribution in [-0.2, 0) is 16.6 Å². The summed E-state index contributed by atoms with van der Waals surface area (Å²) in [5.74, 6) is 0.464. The third kappa shape index (κ3) is 5.81. The van der Waals surface area contributed by atoms with E-state index >= 15 is 0 Å². The van der Waals surface area contributed by atoms with Crippen molar-refractivity contribution in [2.75, 3.05) is 10.9 Å². The van der Waals surface area contributed by atoms with Crippen LogP contribution in [0.5, 0.6) is 5.75 Å². The number of sulfonamides is 1. The van der Waals surface area contributed by atoms with Crippen molar-refractivity contribution in [2.24, 2.45) is 5.10 Å². The number of hydrazone groups is 1. The lowest BCUT2D eigenvalue weighted by Gasteiger charge is -2.19. The molecule has 1 N–H and O–H groups in total. The fourth-order valence-corrected chi connectivity index (χ4v) is 6.35. The highest BCUT2D eigenvalue weighted by Gasteiger charge is 2.35. The van der Waals surface area contributed by atoms with E-state index in [1.165, 1.54) is 23.6 Å². The lowest BCUT2D eigenvalue weighted by Crippen LogP contribution is -2.26. The second kappa shape index (κ2) is 11.7. The molecule has 39 heavy (non-hydrogen) atoms. The van der Waals surface area contributed by atoms with E-state index in [9.17, 15) is 13.2 Å². The average molecular weight is 542 g/mol. The first-order valence-electron chi connectivity index (χ1n) is 13.2. The number of rotatable bonds is 11. The van der Waals surface area contributed by atoms with Gasteiger partial charge in [-0.1, -0.05) is 62.6 Å². The van der Waals surface area contributed by atoms with Crippen LogP contribution >= 0.6 is 0 Å². The molecule has 0 aliphatic carbocycles. The second-order valence-electron chi connectivity index (χ2n) is 9.52. The predicted octanol–water partition coefficient (Wildman–Crippen LogP) is 6.27. The fourth-order valence-electron chi connectivity index (χ4n) is 4.65. The van der Waals surface area contributed by atoms with Crippen molar-refractivity contribution in [2.45, 2.75) is 44.0 Å². The molecule has 1 heterocycles. The first-order valence-corrected chi connectivity index (χ1v) is 14.6. The van der Waals surface area contributed by atoms with Gasteiger partial charge in [0, 0.05) is 10.9 Å². The summed E-state index contributed by atoms with van der Waals surface area (Å²) in [7, 11) is -3.65. The normalized spacial score (nSPS) is 13.7. The second-order valence-corrected chi connectivity index (χ2v) is 11.3. The maximum atomic E-state index is 13.2. The molecule has 0 saturated carbocycles. The fraction of sp³-hybridized carbons (Fsp3) is 0.226. The minimum atomic E-state index is -3.65. The number of ether oxygens (including phenoxy) is 1. The van der Waals surface area contributed by atoms with Crippen LogP contribution in [-0.4, -0.2) is 27.1 Å². The van der Waals surface area contributed by atoms with Gasteiger partial charge in [0.15, 0.2) is 0 Å². The molecule has 0 atom stereocenters. The molecule has 5 rings (SSSR count). The summed E-state index contributed by atoms with van der Waals surface area (Å²) in [4.78, 5) is 12.9. The summed E-state index contributed by atoms with van der Waals surface area (Å²) in [6, 6.07) is 25.3. The summed E-state index contributed by atoms with van der Waals surface area (Å²) in [5, 5.41) is 5.70. The standard InChI is InChI=1S/C31H31N3O4S/c1-2-3-4-5-20-38-27-18-14-23(15-19-27)21-32-33-31(35)26-16-12-24(13-17-26)22-34-28-10-6-8-25-9-7-11-29(30(25)28)39(34,36)37/h6-19,21H,2-5,20,22H2,1H3,(H,33,35)/b32-21+. The minimum Gasteiger partial charge on any atom is -0.494 e. The summed E-state index contributed by atoms with van der Waals surface area (Å²) in [6.45, 7) is 3.07. The summed E-state index contributed by atoms with van der Waals surface area (Å²) >= 11 is 0. The Kier molecular flexibility index (Phi) is 7.93. The van der Waals surface area contributed by atoms with Crippen LogP contribution in [0.2, 0.25) is 0 Å². The van der Waals surface area contributed by atoms with Crippen LogP contribution in [0.25, 0.3) is 10.8 Å². The van der Waals surface area contributed by atoms with Gasteiger partial charge in [-0.05, 0) is 71.5 Å². The molecule has 4 aromatic rings. The van der Waals surface area contributed by atoms with Gasteiger partial charge in [-0.25, -0.2) is 13.8 Å². The SMILES string of the molecule is CCCCCCOc1ccc(/C=N/NC(=O)c2ccc(CN3c4cccc5cccc(c45)S3(=O)=O)cc2)cc1. The number of hydrogen-bond acceptors (Lipinski definition) is 5. The van der Waals surface area contributed by atoms with Gasteiger partial charge in [-0.15, -0.1) is 0 Å². The molecular weight excluding hydrogens is 510 g/mol. The topological polar surface area (TPSA) is 88.1 Å². The zero-order valence-electron chi connectivity index (χ0n) is 21.8. The molecule has 4 aromatic carbocycles. The van der Waals surface area contributed by atoms with Gasteiger partial charge < -0.3 is 4.74 Å². The average Bonchev–Trinajstić information content (AvgIpc) is 3.17. The Balaban J connectivity index is 1.17. The molecule has 0 unspecified atom stereocenters. The van der Waals surface area contributed by atoms with Crippen molar-refractivity contribution >= 4 is 38.6 Å². The van der Waals surface area contributed by atoms with Crippen LogP contribution in [0.1, 0.15) is 54.1 Å². The first kappa shape index (κ1) is 26.4.